The second-order valence-electron chi connectivity index (χ2n) is 7.09. The molecule has 3 aromatic carbocycles. The lowest BCUT2D eigenvalue weighted by atomic mass is 9.78. The quantitative estimate of drug-likeness (QED) is 0.735. The van der Waals surface area contributed by atoms with Gasteiger partial charge < -0.3 is 10.0 Å². The highest BCUT2D eigenvalue weighted by Gasteiger charge is 2.39. The van der Waals surface area contributed by atoms with Crippen LogP contribution < -0.4 is 0 Å². The number of nitrogens with zero attached hydrogens (tertiary/aromatic N) is 1. The molecule has 0 saturated heterocycles. The van der Waals surface area contributed by atoms with Gasteiger partial charge in [-0.1, -0.05) is 66.7 Å². The van der Waals surface area contributed by atoms with Crippen molar-refractivity contribution in [2.75, 3.05) is 14.1 Å². The number of rotatable bonds is 3. The standard InChI is InChI=1S/C23H23NOS/c1-24(2)15-17-11-13-19(14-12-17)23(25)20-8-4-3-7-18(20)16-26-22-10-6-5-9-21(22)23/h3-14,25H,15-16H2,1-2H3. The molecule has 0 fully saturated rings. The van der Waals surface area contributed by atoms with E-state index in [4.69, 9.17) is 0 Å². The molecule has 0 amide bonds. The van der Waals surface area contributed by atoms with E-state index in [1.165, 1.54) is 11.1 Å². The van der Waals surface area contributed by atoms with Gasteiger partial charge in [0, 0.05) is 22.8 Å². The van der Waals surface area contributed by atoms with Gasteiger partial charge in [-0.15, -0.1) is 11.8 Å². The Balaban J connectivity index is 1.90. The molecule has 2 nitrogen and oxygen atoms in total. The van der Waals surface area contributed by atoms with E-state index in [1.54, 1.807) is 11.8 Å². The smallest absolute Gasteiger partial charge is 0.141 e. The first-order valence-electron chi connectivity index (χ1n) is 8.86. The number of fused-ring (bicyclic) bond motifs is 2. The van der Waals surface area contributed by atoms with Crippen LogP contribution in [0.4, 0.5) is 0 Å². The van der Waals surface area contributed by atoms with Crippen molar-refractivity contribution in [3.63, 3.8) is 0 Å². The maximum absolute atomic E-state index is 12.1. The van der Waals surface area contributed by atoms with Crippen LogP contribution in [0.15, 0.2) is 77.7 Å². The van der Waals surface area contributed by atoms with Gasteiger partial charge in [0.05, 0.1) is 0 Å². The van der Waals surface area contributed by atoms with Gasteiger partial charge in [-0.05, 0) is 42.4 Å². The first kappa shape index (κ1) is 17.3. The second-order valence-corrected chi connectivity index (χ2v) is 8.10. The highest BCUT2D eigenvalue weighted by Crippen LogP contribution is 2.46. The zero-order valence-electron chi connectivity index (χ0n) is 15.1. The summed E-state index contributed by atoms with van der Waals surface area (Å²) < 4.78 is 0. The summed E-state index contributed by atoms with van der Waals surface area (Å²) in [7, 11) is 4.13. The van der Waals surface area contributed by atoms with E-state index in [2.05, 4.69) is 73.6 Å². The fourth-order valence-corrected chi connectivity index (χ4v) is 4.83. The molecular weight excluding hydrogens is 338 g/mol. The first-order valence-corrected chi connectivity index (χ1v) is 9.85. The Hall–Kier alpha value is -2.07. The molecule has 0 bridgehead atoms. The van der Waals surface area contributed by atoms with E-state index in [1.807, 2.05) is 18.2 Å². The molecular formula is C23H23NOS. The molecule has 1 N–H and O–H groups in total. The van der Waals surface area contributed by atoms with Crippen LogP contribution >= 0.6 is 11.8 Å². The van der Waals surface area contributed by atoms with Crippen LogP contribution in [-0.4, -0.2) is 24.1 Å². The molecule has 1 heterocycles. The molecule has 26 heavy (non-hydrogen) atoms. The molecule has 132 valence electrons. The minimum Gasteiger partial charge on any atom is -0.376 e. The molecule has 0 radical (unpaired) electrons. The largest absolute Gasteiger partial charge is 0.376 e. The minimum atomic E-state index is -1.13. The van der Waals surface area contributed by atoms with Gasteiger partial charge in [-0.3, -0.25) is 0 Å². The Bertz CT molecular complexity index is 870. The minimum absolute atomic E-state index is 0.869. The molecule has 1 aliphatic rings. The number of thioether (sulfide) groups is 1. The lowest BCUT2D eigenvalue weighted by Gasteiger charge is -2.31. The lowest BCUT2D eigenvalue weighted by Crippen LogP contribution is -2.30. The van der Waals surface area contributed by atoms with Crippen LogP contribution in [0.2, 0.25) is 0 Å². The third-order valence-corrected chi connectivity index (χ3v) is 6.06. The highest BCUT2D eigenvalue weighted by atomic mass is 32.2. The first-order chi connectivity index (χ1) is 12.6. The summed E-state index contributed by atoms with van der Waals surface area (Å²) in [6, 6.07) is 24.9. The maximum atomic E-state index is 12.1. The Morgan fingerprint density at radius 3 is 2.27 bits per heavy atom. The Morgan fingerprint density at radius 2 is 1.54 bits per heavy atom. The predicted molar refractivity (Wildman–Crippen MR) is 108 cm³/mol. The average molecular weight is 362 g/mol. The molecule has 0 aliphatic carbocycles. The van der Waals surface area contributed by atoms with E-state index >= 15 is 0 Å². The van der Waals surface area contributed by atoms with E-state index in [9.17, 15) is 5.11 Å². The van der Waals surface area contributed by atoms with Crippen molar-refractivity contribution in [2.24, 2.45) is 0 Å². The van der Waals surface area contributed by atoms with E-state index in [0.29, 0.717) is 0 Å². The monoisotopic (exact) mass is 361 g/mol. The van der Waals surface area contributed by atoms with Crippen molar-refractivity contribution in [1.29, 1.82) is 0 Å². The SMILES string of the molecule is CN(C)Cc1ccc(C2(O)c3ccccc3CSc3ccccc32)cc1. The molecule has 3 aromatic rings. The summed E-state index contributed by atoms with van der Waals surface area (Å²) in [5.74, 6) is 0.869. The number of hydrogen-bond acceptors (Lipinski definition) is 3. The molecule has 0 spiro atoms. The fourth-order valence-electron chi connectivity index (χ4n) is 3.72. The highest BCUT2D eigenvalue weighted by molar-refractivity contribution is 7.98. The van der Waals surface area contributed by atoms with Crippen molar-refractivity contribution < 1.29 is 5.11 Å². The lowest BCUT2D eigenvalue weighted by molar-refractivity contribution is 0.122. The Labute approximate surface area is 159 Å². The van der Waals surface area contributed by atoms with Gasteiger partial charge >= 0.3 is 0 Å². The summed E-state index contributed by atoms with van der Waals surface area (Å²) in [5.41, 5.74) is 4.17. The van der Waals surface area contributed by atoms with Crippen LogP contribution in [0.5, 0.6) is 0 Å². The number of benzene rings is 3. The summed E-state index contributed by atoms with van der Waals surface area (Å²) in [6.45, 7) is 0.891. The molecule has 4 rings (SSSR count). The zero-order valence-corrected chi connectivity index (χ0v) is 16.0. The molecule has 1 atom stereocenters. The fraction of sp³-hybridized carbons (Fsp3) is 0.217. The van der Waals surface area contributed by atoms with Crippen LogP contribution in [0.3, 0.4) is 0 Å². The van der Waals surface area contributed by atoms with E-state index in [0.717, 1.165) is 33.9 Å². The van der Waals surface area contributed by atoms with Crippen molar-refractivity contribution in [3.05, 3.63) is 101 Å². The molecule has 1 aliphatic heterocycles. The summed E-state index contributed by atoms with van der Waals surface area (Å²) >= 11 is 1.79. The van der Waals surface area contributed by atoms with Crippen molar-refractivity contribution in [2.45, 2.75) is 22.8 Å². The van der Waals surface area contributed by atoms with Gasteiger partial charge in [0.1, 0.15) is 5.60 Å². The summed E-state index contributed by atoms with van der Waals surface area (Å²) in [5, 5.41) is 12.1. The maximum Gasteiger partial charge on any atom is 0.141 e. The van der Waals surface area contributed by atoms with Crippen molar-refractivity contribution in [3.8, 4) is 0 Å². The summed E-state index contributed by atoms with van der Waals surface area (Å²) in [6.07, 6.45) is 0. The molecule has 3 heteroatoms. The second kappa shape index (κ2) is 6.92. The normalized spacial score (nSPS) is 18.9. The third-order valence-electron chi connectivity index (χ3n) is 4.94. The van der Waals surface area contributed by atoms with Crippen LogP contribution in [0, 0.1) is 0 Å². The Kier molecular flexibility index (Phi) is 4.62. The van der Waals surface area contributed by atoms with Crippen LogP contribution in [-0.2, 0) is 17.9 Å². The van der Waals surface area contributed by atoms with Gasteiger partial charge in [0.2, 0.25) is 0 Å². The zero-order chi connectivity index (χ0) is 18.1. The van der Waals surface area contributed by atoms with Crippen LogP contribution in [0.25, 0.3) is 0 Å². The number of aliphatic hydroxyl groups is 1. The van der Waals surface area contributed by atoms with Gasteiger partial charge in [-0.2, -0.15) is 0 Å². The third kappa shape index (κ3) is 2.96. The van der Waals surface area contributed by atoms with Crippen molar-refractivity contribution >= 4 is 11.8 Å². The van der Waals surface area contributed by atoms with Gasteiger partial charge in [0.25, 0.3) is 0 Å². The molecule has 0 aromatic heterocycles. The molecule has 0 saturated carbocycles. The van der Waals surface area contributed by atoms with E-state index in [-0.39, 0.29) is 0 Å². The average Bonchev–Trinajstić information content (AvgIpc) is 2.78. The number of hydrogen-bond donors (Lipinski definition) is 1. The van der Waals surface area contributed by atoms with Gasteiger partial charge in [0.15, 0.2) is 0 Å². The van der Waals surface area contributed by atoms with Crippen molar-refractivity contribution in [1.82, 2.24) is 4.90 Å². The van der Waals surface area contributed by atoms with Gasteiger partial charge in [-0.25, -0.2) is 0 Å². The predicted octanol–water partition coefficient (Wildman–Crippen LogP) is 4.64. The van der Waals surface area contributed by atoms with Crippen LogP contribution in [0.1, 0.15) is 27.8 Å². The summed E-state index contributed by atoms with van der Waals surface area (Å²) in [4.78, 5) is 3.29. The topological polar surface area (TPSA) is 23.5 Å². The molecule has 1 unspecified atom stereocenters. The Morgan fingerprint density at radius 1 is 0.885 bits per heavy atom. The van der Waals surface area contributed by atoms with E-state index < -0.39 is 5.60 Å².